The van der Waals surface area contributed by atoms with Crippen molar-refractivity contribution < 1.29 is 4.74 Å². The Bertz CT molecular complexity index is 2420. The average molecular weight is 706 g/mol. The highest BCUT2D eigenvalue weighted by atomic mass is 16.5. The van der Waals surface area contributed by atoms with Crippen LogP contribution >= 0.6 is 0 Å². The van der Waals surface area contributed by atoms with Crippen molar-refractivity contribution in [3.8, 4) is 22.6 Å². The molecule has 0 amide bonds. The summed E-state index contributed by atoms with van der Waals surface area (Å²) in [5.41, 5.74) is 12.3. The fourth-order valence-corrected chi connectivity index (χ4v) is 12.4. The summed E-state index contributed by atoms with van der Waals surface area (Å²) >= 11 is 0. The predicted octanol–water partition coefficient (Wildman–Crippen LogP) is 14.2. The van der Waals surface area contributed by atoms with Gasteiger partial charge in [0.1, 0.15) is 11.5 Å². The van der Waals surface area contributed by atoms with Crippen LogP contribution in [-0.4, -0.2) is 0 Å². The molecule has 0 radical (unpaired) electrons. The van der Waals surface area contributed by atoms with E-state index in [2.05, 4.69) is 160 Å². The maximum Gasteiger partial charge on any atom is 0.131 e. The number of anilines is 3. The molecule has 1 aliphatic heterocycles. The molecule has 54 heavy (non-hydrogen) atoms. The largest absolute Gasteiger partial charge is 0.457 e. The first-order chi connectivity index (χ1) is 26.2. The molecule has 2 nitrogen and oxygen atoms in total. The minimum absolute atomic E-state index is 0.0491. The second-order valence-corrected chi connectivity index (χ2v) is 18.9. The first-order valence-corrected chi connectivity index (χ1v) is 20.6. The first-order valence-electron chi connectivity index (χ1n) is 20.6. The number of rotatable bonds is 4. The number of para-hydroxylation sites is 1. The summed E-state index contributed by atoms with van der Waals surface area (Å²) in [6, 6.07) is 48.3. The van der Waals surface area contributed by atoms with Crippen LogP contribution in [0.3, 0.4) is 0 Å². The summed E-state index contributed by atoms with van der Waals surface area (Å²) in [5.74, 6) is 5.35. The Morgan fingerprint density at radius 3 is 1.91 bits per heavy atom. The van der Waals surface area contributed by atoms with Gasteiger partial charge in [0.25, 0.3) is 0 Å². The van der Waals surface area contributed by atoms with Gasteiger partial charge >= 0.3 is 0 Å². The zero-order valence-electron chi connectivity index (χ0n) is 32.2. The number of hydrogen-bond donors (Lipinski definition) is 0. The molecule has 0 atom stereocenters. The van der Waals surface area contributed by atoms with Gasteiger partial charge in [0.05, 0.1) is 5.69 Å². The topological polar surface area (TPSA) is 12.5 Å². The van der Waals surface area contributed by atoms with Gasteiger partial charge in [-0.1, -0.05) is 107 Å². The van der Waals surface area contributed by atoms with E-state index in [9.17, 15) is 0 Å². The molecule has 6 aromatic carbocycles. The van der Waals surface area contributed by atoms with Gasteiger partial charge < -0.3 is 9.64 Å². The molecule has 4 saturated carbocycles. The molecule has 4 bridgehead atoms. The molecule has 0 unspecified atom stereocenters. The minimum Gasteiger partial charge on any atom is -0.457 e. The van der Waals surface area contributed by atoms with Gasteiger partial charge in [-0.2, -0.15) is 0 Å². The third-order valence-corrected chi connectivity index (χ3v) is 15.0. The fourth-order valence-electron chi connectivity index (χ4n) is 12.4. The molecular formula is C52H51NO. The van der Waals surface area contributed by atoms with Crippen LogP contribution in [0, 0.1) is 23.7 Å². The zero-order valence-corrected chi connectivity index (χ0v) is 32.2. The minimum atomic E-state index is 0.0491. The summed E-state index contributed by atoms with van der Waals surface area (Å²) in [6.07, 6.45) is 9.31. The van der Waals surface area contributed by atoms with Crippen LogP contribution in [0.5, 0.6) is 11.5 Å². The number of ether oxygens (including phenoxy) is 1. The fraction of sp³-hybridized carbons (Fsp3) is 0.346. The van der Waals surface area contributed by atoms with E-state index in [1.165, 1.54) is 106 Å². The smallest absolute Gasteiger partial charge is 0.131 e. The lowest BCUT2D eigenvalue weighted by molar-refractivity contribution is -0.0452. The lowest BCUT2D eigenvalue weighted by atomic mass is 9.41. The van der Waals surface area contributed by atoms with Crippen molar-refractivity contribution in [3.05, 3.63) is 150 Å². The third kappa shape index (κ3) is 4.71. The van der Waals surface area contributed by atoms with E-state index in [1.807, 2.05) is 0 Å². The van der Waals surface area contributed by atoms with E-state index in [1.54, 1.807) is 0 Å². The number of nitrogens with zero attached hydrogens (tertiary/aromatic N) is 1. The summed E-state index contributed by atoms with van der Waals surface area (Å²) in [5, 5.41) is 2.52. The van der Waals surface area contributed by atoms with Crippen molar-refractivity contribution in [2.75, 3.05) is 4.90 Å². The van der Waals surface area contributed by atoms with E-state index in [0.29, 0.717) is 11.8 Å². The van der Waals surface area contributed by atoms with Crippen LogP contribution in [-0.2, 0) is 16.2 Å². The Kier molecular flexibility index (Phi) is 7.00. The normalized spacial score (nSPS) is 26.5. The van der Waals surface area contributed by atoms with Gasteiger partial charge in [-0.25, -0.2) is 0 Å². The molecule has 270 valence electrons. The molecule has 1 spiro atoms. The Hall–Kier alpha value is -4.82. The highest BCUT2D eigenvalue weighted by molar-refractivity contribution is 5.99. The molecule has 2 heteroatoms. The van der Waals surface area contributed by atoms with E-state index in [-0.39, 0.29) is 16.2 Å². The molecule has 0 aromatic heterocycles. The molecule has 6 aliphatic rings. The molecular weight excluding hydrogens is 655 g/mol. The van der Waals surface area contributed by atoms with Gasteiger partial charge in [0, 0.05) is 33.3 Å². The van der Waals surface area contributed by atoms with Crippen LogP contribution in [0.2, 0.25) is 0 Å². The summed E-state index contributed by atoms with van der Waals surface area (Å²) in [7, 11) is 0. The number of benzene rings is 6. The van der Waals surface area contributed by atoms with Crippen LogP contribution in [0.4, 0.5) is 17.1 Å². The zero-order chi connectivity index (χ0) is 36.4. The van der Waals surface area contributed by atoms with Crippen LogP contribution in [0.15, 0.2) is 127 Å². The van der Waals surface area contributed by atoms with Crippen molar-refractivity contribution in [3.63, 3.8) is 0 Å². The standard InChI is InChI=1S/C52H51NO/c1-50(2)24-25-51(3,4)45-32-41(21-22-43(45)50)53(47-14-9-11-36-10-5-6-12-42(36)47)40-19-16-35(17-20-40)37-18-23-49-46(31-37)52(44-13-7-8-15-48(44)54-49)38-27-33-26-34(29-38)30-39(52)28-33/h5-23,31-34,38-39H,24-30H2,1-4H3. The molecule has 1 heterocycles. The lowest BCUT2D eigenvalue weighted by Gasteiger charge is -2.63. The van der Waals surface area contributed by atoms with Gasteiger partial charge in [-0.05, 0) is 156 Å². The van der Waals surface area contributed by atoms with E-state index < -0.39 is 0 Å². The highest BCUT2D eigenvalue weighted by Crippen LogP contribution is 2.69. The second-order valence-electron chi connectivity index (χ2n) is 18.9. The summed E-state index contributed by atoms with van der Waals surface area (Å²) < 4.78 is 6.74. The van der Waals surface area contributed by atoms with E-state index in [0.717, 1.165) is 23.3 Å². The Morgan fingerprint density at radius 1 is 0.500 bits per heavy atom. The summed E-state index contributed by atoms with van der Waals surface area (Å²) in [4.78, 5) is 2.49. The van der Waals surface area contributed by atoms with Crippen LogP contribution in [0.1, 0.15) is 94.9 Å². The van der Waals surface area contributed by atoms with E-state index >= 15 is 0 Å². The quantitative estimate of drug-likeness (QED) is 0.181. The van der Waals surface area contributed by atoms with Crippen LogP contribution < -0.4 is 9.64 Å². The SMILES string of the molecule is CC1(C)CCC(C)(C)c2cc(N(c3ccc(-c4ccc5c(c4)C4(c6ccccc6O5)C5CC6CC(C5)CC4C6)cc3)c3cccc4ccccc34)ccc21. The van der Waals surface area contributed by atoms with Crippen molar-refractivity contribution in [2.45, 2.75) is 88.9 Å². The lowest BCUT2D eigenvalue weighted by Crippen LogP contribution is -2.56. The molecule has 0 saturated heterocycles. The molecule has 12 rings (SSSR count). The Morgan fingerprint density at radius 2 is 1.13 bits per heavy atom. The van der Waals surface area contributed by atoms with E-state index in [4.69, 9.17) is 4.74 Å². The Balaban J connectivity index is 1.03. The number of fused-ring (bicyclic) bond motifs is 4. The van der Waals surface area contributed by atoms with Gasteiger partial charge in [0.2, 0.25) is 0 Å². The third-order valence-electron chi connectivity index (χ3n) is 15.0. The second kappa shape index (κ2) is 11.6. The van der Waals surface area contributed by atoms with Crippen molar-refractivity contribution in [1.29, 1.82) is 0 Å². The van der Waals surface area contributed by atoms with Crippen molar-refractivity contribution in [2.24, 2.45) is 23.7 Å². The molecule has 4 fully saturated rings. The highest BCUT2D eigenvalue weighted by Gasteiger charge is 2.61. The van der Waals surface area contributed by atoms with Crippen LogP contribution in [0.25, 0.3) is 21.9 Å². The van der Waals surface area contributed by atoms with Crippen molar-refractivity contribution in [1.82, 2.24) is 0 Å². The average Bonchev–Trinajstić information content (AvgIpc) is 3.18. The first kappa shape index (κ1) is 32.6. The molecule has 0 N–H and O–H groups in total. The Labute approximate surface area is 321 Å². The molecule has 5 aliphatic carbocycles. The summed E-state index contributed by atoms with van der Waals surface area (Å²) in [6.45, 7) is 9.69. The van der Waals surface area contributed by atoms with Gasteiger partial charge in [-0.3, -0.25) is 0 Å². The maximum atomic E-state index is 6.74. The predicted molar refractivity (Wildman–Crippen MR) is 224 cm³/mol. The monoisotopic (exact) mass is 705 g/mol. The molecule has 6 aromatic rings. The maximum absolute atomic E-state index is 6.74. The van der Waals surface area contributed by atoms with Gasteiger partial charge in [0.15, 0.2) is 0 Å². The van der Waals surface area contributed by atoms with Gasteiger partial charge in [-0.15, -0.1) is 0 Å². The van der Waals surface area contributed by atoms with Crippen molar-refractivity contribution >= 4 is 27.8 Å². The number of hydrogen-bond acceptors (Lipinski definition) is 2.